The first-order valence-electron chi connectivity index (χ1n) is 16.3. The number of benzene rings is 2. The van der Waals surface area contributed by atoms with Gasteiger partial charge in [-0.15, -0.1) is 0 Å². The summed E-state index contributed by atoms with van der Waals surface area (Å²) in [5, 5.41) is 15.9. The van der Waals surface area contributed by atoms with Gasteiger partial charge in [0.15, 0.2) is 23.9 Å². The summed E-state index contributed by atoms with van der Waals surface area (Å²) in [6, 6.07) is 4.76. The van der Waals surface area contributed by atoms with Crippen molar-refractivity contribution in [1.82, 2.24) is 15.5 Å². The zero-order valence-corrected chi connectivity index (χ0v) is 28.0. The molecule has 2 aliphatic heterocycles. The maximum atomic E-state index is 13.3. The predicted molar refractivity (Wildman–Crippen MR) is 179 cm³/mol. The number of phenols is 1. The van der Waals surface area contributed by atoms with Gasteiger partial charge in [0.2, 0.25) is 23.2 Å². The molecule has 3 heterocycles. The Labute approximate surface area is 287 Å². The molecule has 50 heavy (non-hydrogen) atoms. The molecule has 0 radical (unpaired) electrons. The smallest absolute Gasteiger partial charge is 0.258 e. The van der Waals surface area contributed by atoms with E-state index in [1.807, 2.05) is 13.8 Å². The summed E-state index contributed by atoms with van der Waals surface area (Å²) < 4.78 is 22.3. The van der Waals surface area contributed by atoms with Gasteiger partial charge in [-0.1, -0.05) is 19.9 Å². The van der Waals surface area contributed by atoms with Crippen LogP contribution in [-0.2, 0) is 24.0 Å². The number of aromatic hydroxyl groups is 1. The number of nitrogens with zero attached hydrogens (tertiary/aromatic N) is 1. The van der Waals surface area contributed by atoms with Crippen LogP contribution in [0.2, 0.25) is 0 Å². The molecule has 0 bridgehead atoms. The van der Waals surface area contributed by atoms with E-state index in [1.165, 1.54) is 30.2 Å². The Morgan fingerprint density at radius 1 is 1.04 bits per heavy atom. The number of primary amides is 1. The number of amides is 4. The minimum atomic E-state index is -1.02. The number of hydrogen-bond acceptors (Lipinski definition) is 11. The van der Waals surface area contributed by atoms with Crippen LogP contribution in [0.1, 0.15) is 46.5 Å². The fourth-order valence-corrected chi connectivity index (χ4v) is 6.05. The van der Waals surface area contributed by atoms with Crippen LogP contribution >= 0.6 is 0 Å². The number of carbonyl (C=O) groups is 5. The number of Topliss-reactive ketones (excluding diaryl/α,β-unsaturated/α-hetero) is 1. The van der Waals surface area contributed by atoms with E-state index in [0.29, 0.717) is 49.5 Å². The van der Waals surface area contributed by atoms with Crippen molar-refractivity contribution in [3.05, 3.63) is 46.8 Å². The monoisotopic (exact) mass is 692 g/mol. The summed E-state index contributed by atoms with van der Waals surface area (Å²) in [6.45, 7) is 5.75. The summed E-state index contributed by atoms with van der Waals surface area (Å²) in [6.07, 6.45) is 1.95. The van der Waals surface area contributed by atoms with Gasteiger partial charge in [-0.05, 0) is 49.8 Å². The van der Waals surface area contributed by atoms with Gasteiger partial charge in [0.05, 0.1) is 18.0 Å². The first-order valence-corrected chi connectivity index (χ1v) is 16.3. The number of likely N-dealkylation sites (tertiary alicyclic amines) is 1. The van der Waals surface area contributed by atoms with Gasteiger partial charge < -0.3 is 45.0 Å². The number of nitrogens with two attached hydrogens (primary N) is 1. The standard InChI is InChI=1S/C35H40N4O11/c1-18(2)11-23(25(40)15-30(36)42)38-34(45)24-5-4-8-39(24)35(46)19(3)37-31(43)17-49-21-13-26(41)32-29(14-21)50-16-22(33(32)44)20-6-7-27-28(12-20)48-10-9-47-27/h6-7,12-14,16,18-19,23-24,41H,4-5,8-11,15,17H2,1-3H3,(H2,36,42)(H,37,43)(H,38,45)/t19-,23?,24?/m1/s1. The minimum absolute atomic E-state index is 0.0283. The maximum Gasteiger partial charge on any atom is 0.258 e. The molecule has 2 aliphatic rings. The van der Waals surface area contributed by atoms with Gasteiger partial charge in [-0.2, -0.15) is 0 Å². The zero-order chi connectivity index (χ0) is 36.1. The normalized spacial score (nSPS) is 16.5. The molecule has 3 aromatic rings. The Balaban J connectivity index is 1.19. The maximum absolute atomic E-state index is 13.3. The second-order valence-corrected chi connectivity index (χ2v) is 12.7. The van der Waals surface area contributed by atoms with Crippen LogP contribution in [0, 0.1) is 5.92 Å². The van der Waals surface area contributed by atoms with Gasteiger partial charge in [-0.25, -0.2) is 0 Å². The Kier molecular flexibility index (Phi) is 10.9. The average molecular weight is 693 g/mol. The number of rotatable bonds is 13. The molecule has 15 nitrogen and oxygen atoms in total. The lowest BCUT2D eigenvalue weighted by atomic mass is 9.98. The van der Waals surface area contributed by atoms with Gasteiger partial charge in [0.1, 0.15) is 54.0 Å². The fourth-order valence-electron chi connectivity index (χ4n) is 6.05. The van der Waals surface area contributed by atoms with Crippen LogP contribution in [0.25, 0.3) is 22.1 Å². The first-order chi connectivity index (χ1) is 23.8. The highest BCUT2D eigenvalue weighted by molar-refractivity contribution is 6.02. The lowest BCUT2D eigenvalue weighted by Crippen LogP contribution is -2.55. The summed E-state index contributed by atoms with van der Waals surface area (Å²) >= 11 is 0. The number of hydrogen-bond donors (Lipinski definition) is 4. The van der Waals surface area contributed by atoms with Crippen molar-refractivity contribution in [3.63, 3.8) is 0 Å². The highest BCUT2D eigenvalue weighted by Gasteiger charge is 2.38. The molecule has 0 aliphatic carbocycles. The van der Waals surface area contributed by atoms with Gasteiger partial charge in [0, 0.05) is 18.7 Å². The molecule has 4 amide bonds. The number of nitrogens with one attached hydrogen (secondary N) is 2. The van der Waals surface area contributed by atoms with Gasteiger partial charge in [0.25, 0.3) is 5.91 Å². The topological polar surface area (TPSA) is 217 Å². The first kappa shape index (κ1) is 35.7. The van der Waals surface area contributed by atoms with Crippen LogP contribution in [0.5, 0.6) is 23.0 Å². The molecule has 5 rings (SSSR count). The molecular weight excluding hydrogens is 652 g/mol. The SMILES string of the molecule is CC(C)CC(NC(=O)C1CCCN1C(=O)[C@@H](C)NC(=O)COc1cc(O)c2c(=O)c(-c3ccc4c(c3)OCCO4)coc2c1)C(=O)CC(N)=O. The van der Waals surface area contributed by atoms with Gasteiger partial charge >= 0.3 is 0 Å². The molecule has 15 heteroatoms. The Morgan fingerprint density at radius 3 is 2.50 bits per heavy atom. The number of phenolic OH excluding ortho intramolecular Hbond substituents is 1. The van der Waals surface area contributed by atoms with Crippen molar-refractivity contribution in [2.75, 3.05) is 26.4 Å². The Bertz CT molecular complexity index is 1870. The lowest BCUT2D eigenvalue weighted by Gasteiger charge is -2.29. The van der Waals surface area contributed by atoms with E-state index in [4.69, 9.17) is 24.4 Å². The average Bonchev–Trinajstić information content (AvgIpc) is 3.56. The van der Waals surface area contributed by atoms with Crippen molar-refractivity contribution in [2.45, 2.75) is 64.6 Å². The van der Waals surface area contributed by atoms with Crippen LogP contribution in [0.4, 0.5) is 0 Å². The van der Waals surface area contributed by atoms with Crippen molar-refractivity contribution >= 4 is 40.4 Å². The zero-order valence-electron chi connectivity index (χ0n) is 28.0. The fraction of sp³-hybridized carbons (Fsp3) is 0.429. The van der Waals surface area contributed by atoms with Crippen LogP contribution in [0.15, 0.2) is 45.8 Å². The Hall–Kier alpha value is -5.60. The van der Waals surface area contributed by atoms with E-state index in [1.54, 1.807) is 18.2 Å². The molecule has 1 fully saturated rings. The minimum Gasteiger partial charge on any atom is -0.507 e. The molecule has 3 atom stereocenters. The largest absolute Gasteiger partial charge is 0.507 e. The van der Waals surface area contributed by atoms with E-state index < -0.39 is 71.7 Å². The van der Waals surface area contributed by atoms with E-state index in [2.05, 4.69) is 10.6 Å². The molecule has 5 N–H and O–H groups in total. The van der Waals surface area contributed by atoms with E-state index in [0.717, 1.165) is 0 Å². The molecule has 1 aromatic heterocycles. The van der Waals surface area contributed by atoms with Gasteiger partial charge in [-0.3, -0.25) is 28.8 Å². The van der Waals surface area contributed by atoms with Crippen molar-refractivity contribution in [1.29, 1.82) is 0 Å². The third-order valence-corrected chi connectivity index (χ3v) is 8.40. The van der Waals surface area contributed by atoms with Crippen LogP contribution in [0.3, 0.4) is 0 Å². The second-order valence-electron chi connectivity index (χ2n) is 12.7. The molecule has 266 valence electrons. The van der Waals surface area contributed by atoms with Crippen molar-refractivity contribution in [3.8, 4) is 34.1 Å². The highest BCUT2D eigenvalue weighted by Crippen LogP contribution is 2.35. The molecule has 0 saturated carbocycles. The quantitative estimate of drug-likeness (QED) is 0.189. The number of fused-ring (bicyclic) bond motifs is 2. The van der Waals surface area contributed by atoms with Crippen molar-refractivity contribution < 1.29 is 47.7 Å². The summed E-state index contributed by atoms with van der Waals surface area (Å²) in [4.78, 5) is 77.8. The number of ketones is 1. The third-order valence-electron chi connectivity index (χ3n) is 8.40. The van der Waals surface area contributed by atoms with E-state index >= 15 is 0 Å². The van der Waals surface area contributed by atoms with Crippen LogP contribution in [-0.4, -0.2) is 83.9 Å². The molecule has 2 aromatic carbocycles. The van der Waals surface area contributed by atoms with E-state index in [-0.39, 0.29) is 34.7 Å². The van der Waals surface area contributed by atoms with Crippen LogP contribution < -0.4 is 36.0 Å². The summed E-state index contributed by atoms with van der Waals surface area (Å²) in [7, 11) is 0. The third kappa shape index (κ3) is 8.15. The number of carbonyl (C=O) groups excluding carboxylic acids is 5. The van der Waals surface area contributed by atoms with E-state index in [9.17, 15) is 33.9 Å². The predicted octanol–water partition coefficient (Wildman–Crippen LogP) is 1.79. The second kappa shape index (κ2) is 15.3. The summed E-state index contributed by atoms with van der Waals surface area (Å²) in [5.41, 5.74) is 5.42. The molecule has 1 saturated heterocycles. The Morgan fingerprint density at radius 2 is 1.78 bits per heavy atom. The molecule has 0 spiro atoms. The lowest BCUT2D eigenvalue weighted by molar-refractivity contribution is -0.142. The highest BCUT2D eigenvalue weighted by atomic mass is 16.6. The number of ether oxygens (including phenoxy) is 3. The van der Waals surface area contributed by atoms with Crippen molar-refractivity contribution in [2.24, 2.45) is 11.7 Å². The molecular formula is C35H40N4O11. The molecule has 2 unspecified atom stereocenters. The summed E-state index contributed by atoms with van der Waals surface area (Å²) in [5.74, 6) is -2.27.